The van der Waals surface area contributed by atoms with Crippen LogP contribution < -0.4 is 5.32 Å². The Morgan fingerprint density at radius 3 is 2.73 bits per heavy atom. The highest BCUT2D eigenvalue weighted by Gasteiger charge is 2.34. The van der Waals surface area contributed by atoms with Gasteiger partial charge in [0.15, 0.2) is 0 Å². The van der Waals surface area contributed by atoms with Gasteiger partial charge in [-0.05, 0) is 39.5 Å². The average Bonchev–Trinajstić information content (AvgIpc) is 2.84. The predicted octanol–water partition coefficient (Wildman–Crippen LogP) is 1.68. The second-order valence-corrected chi connectivity index (χ2v) is 6.20. The van der Waals surface area contributed by atoms with Crippen LogP contribution in [0.5, 0.6) is 0 Å². The largest absolute Gasteiger partial charge is 0.373 e. The normalized spacial score (nSPS) is 28.2. The number of nitrogens with one attached hydrogen (secondary N) is 1. The first-order valence-corrected chi connectivity index (χ1v) is 8.08. The summed E-state index contributed by atoms with van der Waals surface area (Å²) in [5.41, 5.74) is 1.92. The number of ether oxygens (including phenoxy) is 2. The number of aryl methyl sites for hydroxylation is 2. The van der Waals surface area contributed by atoms with Gasteiger partial charge in [-0.15, -0.1) is 0 Å². The Balaban J connectivity index is 1.46. The van der Waals surface area contributed by atoms with Crippen LogP contribution in [0.3, 0.4) is 0 Å². The third kappa shape index (κ3) is 3.50. The fourth-order valence-electron chi connectivity index (χ4n) is 3.39. The first-order valence-electron chi connectivity index (χ1n) is 8.08. The van der Waals surface area contributed by atoms with Gasteiger partial charge >= 0.3 is 0 Å². The van der Waals surface area contributed by atoms with E-state index in [1.807, 2.05) is 13.8 Å². The maximum atomic E-state index is 12.2. The predicted molar refractivity (Wildman–Crippen MR) is 79.6 cm³/mol. The van der Waals surface area contributed by atoms with Crippen molar-refractivity contribution in [2.45, 2.75) is 64.2 Å². The number of rotatable bonds is 4. The first-order chi connectivity index (χ1) is 10.6. The highest BCUT2D eigenvalue weighted by Crippen LogP contribution is 2.26. The lowest BCUT2D eigenvalue weighted by Gasteiger charge is -2.39. The molecule has 1 saturated heterocycles. The molecular formula is C16H24N2O4. The van der Waals surface area contributed by atoms with Gasteiger partial charge in [-0.25, -0.2) is 0 Å². The molecule has 6 heteroatoms. The number of hydrogen-bond acceptors (Lipinski definition) is 5. The first kappa shape index (κ1) is 15.5. The molecule has 22 heavy (non-hydrogen) atoms. The third-order valence-corrected chi connectivity index (χ3v) is 4.63. The highest BCUT2D eigenvalue weighted by atomic mass is 16.6. The van der Waals surface area contributed by atoms with Crippen molar-refractivity contribution < 1.29 is 18.8 Å². The minimum Gasteiger partial charge on any atom is -0.373 e. The number of carbonyl (C=O) groups excluding carboxylic acids is 1. The van der Waals surface area contributed by atoms with Gasteiger partial charge < -0.3 is 19.3 Å². The molecule has 2 heterocycles. The molecule has 0 spiro atoms. The molecule has 122 valence electrons. The summed E-state index contributed by atoms with van der Waals surface area (Å²) < 4.78 is 16.6. The zero-order valence-corrected chi connectivity index (χ0v) is 13.3. The van der Waals surface area contributed by atoms with Crippen LogP contribution >= 0.6 is 0 Å². The number of carbonyl (C=O) groups is 1. The SMILES string of the molecule is Cc1noc(C)c1CCC(=O)N[C@@H]1CC[C@@H]2OCCO[C@H]2C1. The minimum atomic E-state index is 0.0835. The van der Waals surface area contributed by atoms with Crippen molar-refractivity contribution in [2.75, 3.05) is 13.2 Å². The van der Waals surface area contributed by atoms with E-state index < -0.39 is 0 Å². The van der Waals surface area contributed by atoms with Crippen molar-refractivity contribution in [2.24, 2.45) is 0 Å². The van der Waals surface area contributed by atoms with E-state index in [0.717, 1.165) is 36.3 Å². The molecule has 3 atom stereocenters. The molecule has 1 N–H and O–H groups in total. The van der Waals surface area contributed by atoms with Crippen molar-refractivity contribution in [3.8, 4) is 0 Å². The van der Waals surface area contributed by atoms with Crippen molar-refractivity contribution >= 4 is 5.91 Å². The van der Waals surface area contributed by atoms with Crippen LogP contribution in [-0.2, 0) is 20.7 Å². The summed E-state index contributed by atoms with van der Waals surface area (Å²) in [7, 11) is 0. The number of nitrogens with zero attached hydrogens (tertiary/aromatic N) is 1. The van der Waals surface area contributed by atoms with Crippen LogP contribution in [-0.4, -0.2) is 42.5 Å². The molecule has 2 fully saturated rings. The van der Waals surface area contributed by atoms with E-state index in [1.165, 1.54) is 0 Å². The molecule has 1 amide bonds. The lowest BCUT2D eigenvalue weighted by atomic mass is 9.89. The van der Waals surface area contributed by atoms with Gasteiger partial charge in [0.1, 0.15) is 5.76 Å². The van der Waals surface area contributed by atoms with E-state index in [0.29, 0.717) is 26.1 Å². The Bertz CT molecular complexity index is 509. The highest BCUT2D eigenvalue weighted by molar-refractivity contribution is 5.76. The molecule has 0 unspecified atom stereocenters. The number of fused-ring (bicyclic) bond motifs is 1. The zero-order chi connectivity index (χ0) is 15.5. The molecule has 6 nitrogen and oxygen atoms in total. The second-order valence-electron chi connectivity index (χ2n) is 6.20. The summed E-state index contributed by atoms with van der Waals surface area (Å²) in [6.07, 6.45) is 4.25. The topological polar surface area (TPSA) is 73.6 Å². The molecule has 0 aromatic carbocycles. The lowest BCUT2D eigenvalue weighted by molar-refractivity contribution is -0.158. The maximum absolute atomic E-state index is 12.2. The van der Waals surface area contributed by atoms with E-state index in [9.17, 15) is 4.79 Å². The van der Waals surface area contributed by atoms with Gasteiger partial charge in [0.25, 0.3) is 0 Å². The quantitative estimate of drug-likeness (QED) is 0.916. The van der Waals surface area contributed by atoms with Crippen molar-refractivity contribution in [3.05, 3.63) is 17.0 Å². The van der Waals surface area contributed by atoms with Crippen LogP contribution in [0, 0.1) is 13.8 Å². The molecule has 3 rings (SSSR count). The molecule has 2 aliphatic rings. The van der Waals surface area contributed by atoms with Crippen molar-refractivity contribution in [1.29, 1.82) is 0 Å². The molecule has 1 aliphatic heterocycles. The Morgan fingerprint density at radius 2 is 2.00 bits per heavy atom. The number of amides is 1. The second kappa shape index (κ2) is 6.79. The van der Waals surface area contributed by atoms with E-state index in [4.69, 9.17) is 14.0 Å². The molecule has 1 aromatic heterocycles. The van der Waals surface area contributed by atoms with Crippen LogP contribution in [0.2, 0.25) is 0 Å². The molecule has 1 saturated carbocycles. The summed E-state index contributed by atoms with van der Waals surface area (Å²) >= 11 is 0. The number of aromatic nitrogens is 1. The van der Waals surface area contributed by atoms with Crippen molar-refractivity contribution in [3.63, 3.8) is 0 Å². The zero-order valence-electron chi connectivity index (χ0n) is 13.3. The van der Waals surface area contributed by atoms with Gasteiger partial charge in [-0.3, -0.25) is 4.79 Å². The Kier molecular flexibility index (Phi) is 4.78. The molecular weight excluding hydrogens is 284 g/mol. The summed E-state index contributed by atoms with van der Waals surface area (Å²) in [6, 6.07) is 0.195. The van der Waals surface area contributed by atoms with E-state index in [1.54, 1.807) is 0 Å². The fourth-order valence-corrected chi connectivity index (χ4v) is 3.39. The van der Waals surface area contributed by atoms with Gasteiger partial charge in [-0.2, -0.15) is 0 Å². The lowest BCUT2D eigenvalue weighted by Crippen LogP contribution is -2.49. The Morgan fingerprint density at radius 1 is 1.23 bits per heavy atom. The summed E-state index contributed by atoms with van der Waals surface area (Å²) in [5, 5.41) is 7.05. The van der Waals surface area contributed by atoms with Crippen LogP contribution in [0.4, 0.5) is 0 Å². The monoisotopic (exact) mass is 308 g/mol. The number of hydrogen-bond donors (Lipinski definition) is 1. The van der Waals surface area contributed by atoms with Crippen molar-refractivity contribution in [1.82, 2.24) is 10.5 Å². The molecule has 1 aromatic rings. The van der Waals surface area contributed by atoms with Crippen LogP contribution in [0.1, 0.15) is 42.7 Å². The van der Waals surface area contributed by atoms with Gasteiger partial charge in [0.05, 0.1) is 31.1 Å². The smallest absolute Gasteiger partial charge is 0.220 e. The average molecular weight is 308 g/mol. The molecule has 1 aliphatic carbocycles. The summed E-state index contributed by atoms with van der Waals surface area (Å²) in [4.78, 5) is 12.2. The minimum absolute atomic E-state index is 0.0835. The van der Waals surface area contributed by atoms with Gasteiger partial charge in [-0.1, -0.05) is 5.16 Å². The van der Waals surface area contributed by atoms with Crippen LogP contribution in [0.15, 0.2) is 4.52 Å². The molecule has 0 bridgehead atoms. The standard InChI is InChI=1S/C16H24N2O4/c1-10-13(11(2)22-18-10)4-6-16(19)17-12-3-5-14-15(9-12)21-8-7-20-14/h12,14-15H,3-9H2,1-2H3,(H,17,19)/t12-,14+,15+/m1/s1. The van der Waals surface area contributed by atoms with E-state index >= 15 is 0 Å². The van der Waals surface area contributed by atoms with Gasteiger partial charge in [0, 0.05) is 18.0 Å². The Hall–Kier alpha value is -1.40. The summed E-state index contributed by atoms with van der Waals surface area (Å²) in [6.45, 7) is 5.14. The Labute approximate surface area is 130 Å². The van der Waals surface area contributed by atoms with Crippen LogP contribution in [0.25, 0.3) is 0 Å². The van der Waals surface area contributed by atoms with E-state index in [2.05, 4.69) is 10.5 Å². The maximum Gasteiger partial charge on any atom is 0.220 e. The van der Waals surface area contributed by atoms with Gasteiger partial charge in [0.2, 0.25) is 5.91 Å². The fraction of sp³-hybridized carbons (Fsp3) is 0.750. The third-order valence-electron chi connectivity index (χ3n) is 4.63. The summed E-state index contributed by atoms with van der Waals surface area (Å²) in [5.74, 6) is 0.888. The van der Waals surface area contributed by atoms with E-state index in [-0.39, 0.29) is 24.2 Å². The molecule has 0 radical (unpaired) electrons.